The summed E-state index contributed by atoms with van der Waals surface area (Å²) in [7, 11) is 0. The number of benzene rings is 1. The molecule has 2 aliphatic rings. The number of nitrogens with zero attached hydrogens (tertiary/aromatic N) is 4. The predicted molar refractivity (Wildman–Crippen MR) is 129 cm³/mol. The van der Waals surface area contributed by atoms with Crippen LogP contribution in [-0.2, 0) is 11.3 Å². The van der Waals surface area contributed by atoms with Crippen molar-refractivity contribution in [3.63, 3.8) is 0 Å². The minimum atomic E-state index is -0.617. The van der Waals surface area contributed by atoms with Gasteiger partial charge in [-0.1, -0.05) is 18.7 Å². The minimum Gasteiger partial charge on any atom is -0.494 e. The van der Waals surface area contributed by atoms with Crippen LogP contribution in [0.5, 0.6) is 11.5 Å². The van der Waals surface area contributed by atoms with Crippen molar-refractivity contribution in [2.75, 3.05) is 43.6 Å². The third-order valence-corrected chi connectivity index (χ3v) is 7.27. The van der Waals surface area contributed by atoms with Crippen LogP contribution in [0.1, 0.15) is 39.5 Å². The first-order chi connectivity index (χ1) is 16.1. The van der Waals surface area contributed by atoms with Gasteiger partial charge in [0, 0.05) is 25.4 Å². The van der Waals surface area contributed by atoms with E-state index in [4.69, 9.17) is 14.2 Å². The number of anilines is 1. The molecule has 33 heavy (non-hydrogen) atoms. The molecule has 2 atom stereocenters. The van der Waals surface area contributed by atoms with Gasteiger partial charge in [0.2, 0.25) is 5.95 Å². The van der Waals surface area contributed by atoms with Crippen LogP contribution in [-0.4, -0.2) is 70.7 Å². The number of rotatable bonds is 11. The van der Waals surface area contributed by atoms with E-state index in [1.165, 1.54) is 24.6 Å². The summed E-state index contributed by atoms with van der Waals surface area (Å²) in [5.41, 5.74) is 0. The summed E-state index contributed by atoms with van der Waals surface area (Å²) in [5, 5.41) is 20.4. The summed E-state index contributed by atoms with van der Waals surface area (Å²) in [4.78, 5) is 2.34. The normalized spacial score (nSPS) is 20.2. The fraction of sp³-hybridized carbons (Fsp3) is 0.667. The molecule has 182 valence electrons. The molecule has 0 aliphatic carbocycles. The molecule has 9 heteroatoms. The third-order valence-electron chi connectivity index (χ3n) is 6.16. The molecule has 1 N–H and O–H groups in total. The van der Waals surface area contributed by atoms with Crippen LogP contribution in [0.15, 0.2) is 29.4 Å². The summed E-state index contributed by atoms with van der Waals surface area (Å²) >= 11 is 1.53. The van der Waals surface area contributed by atoms with Crippen molar-refractivity contribution in [2.45, 2.75) is 63.4 Å². The lowest BCUT2D eigenvalue weighted by molar-refractivity contribution is 0.0951. The SMILES string of the molecule is CCOc1ccc(OCC(O)CSc2nnc(N3CCC(C)CC3)n2CC2CCCO2)cc1. The van der Waals surface area contributed by atoms with Gasteiger partial charge < -0.3 is 24.2 Å². The molecule has 2 saturated heterocycles. The Hall–Kier alpha value is -1.97. The Morgan fingerprint density at radius 3 is 2.52 bits per heavy atom. The highest BCUT2D eigenvalue weighted by molar-refractivity contribution is 7.99. The number of hydrogen-bond donors (Lipinski definition) is 1. The van der Waals surface area contributed by atoms with Gasteiger partial charge in [0.15, 0.2) is 5.16 Å². The van der Waals surface area contributed by atoms with Crippen LogP contribution < -0.4 is 14.4 Å². The van der Waals surface area contributed by atoms with E-state index in [1.54, 1.807) is 0 Å². The molecule has 8 nitrogen and oxygen atoms in total. The molecule has 0 amide bonds. The maximum atomic E-state index is 10.5. The van der Waals surface area contributed by atoms with E-state index >= 15 is 0 Å². The van der Waals surface area contributed by atoms with E-state index in [0.717, 1.165) is 61.9 Å². The van der Waals surface area contributed by atoms with Gasteiger partial charge in [-0.3, -0.25) is 4.57 Å². The fourth-order valence-corrected chi connectivity index (χ4v) is 5.04. The Morgan fingerprint density at radius 1 is 1.12 bits per heavy atom. The number of aliphatic hydroxyl groups excluding tert-OH is 1. The van der Waals surface area contributed by atoms with Gasteiger partial charge in [-0.25, -0.2) is 0 Å². The monoisotopic (exact) mass is 476 g/mol. The number of thioether (sulfide) groups is 1. The molecule has 0 bridgehead atoms. The largest absolute Gasteiger partial charge is 0.494 e. The number of piperidine rings is 1. The van der Waals surface area contributed by atoms with Crippen molar-refractivity contribution in [2.24, 2.45) is 5.92 Å². The van der Waals surface area contributed by atoms with Crippen LogP contribution >= 0.6 is 11.8 Å². The molecule has 1 aromatic carbocycles. The zero-order chi connectivity index (χ0) is 23.0. The van der Waals surface area contributed by atoms with Gasteiger partial charge in [0.05, 0.1) is 25.4 Å². The Labute approximate surface area is 200 Å². The van der Waals surface area contributed by atoms with Gasteiger partial charge in [-0.2, -0.15) is 0 Å². The summed E-state index contributed by atoms with van der Waals surface area (Å²) in [6.45, 7) is 8.72. The van der Waals surface area contributed by atoms with Gasteiger partial charge in [0.25, 0.3) is 0 Å². The first-order valence-corrected chi connectivity index (χ1v) is 13.1. The van der Waals surface area contributed by atoms with Crippen molar-refractivity contribution in [1.82, 2.24) is 14.8 Å². The third kappa shape index (κ3) is 6.77. The minimum absolute atomic E-state index is 0.204. The van der Waals surface area contributed by atoms with Crippen LogP contribution in [0.2, 0.25) is 0 Å². The highest BCUT2D eigenvalue weighted by atomic mass is 32.2. The van der Waals surface area contributed by atoms with E-state index in [0.29, 0.717) is 18.1 Å². The van der Waals surface area contributed by atoms with Crippen LogP contribution in [0.3, 0.4) is 0 Å². The molecule has 0 radical (unpaired) electrons. The molecule has 2 aliphatic heterocycles. The molecule has 0 spiro atoms. The Kier molecular flexibility index (Phi) is 8.75. The average molecular weight is 477 g/mol. The summed E-state index contributed by atoms with van der Waals surface area (Å²) in [5.74, 6) is 3.70. The van der Waals surface area contributed by atoms with Crippen molar-refractivity contribution >= 4 is 17.7 Å². The second kappa shape index (κ2) is 11.9. The van der Waals surface area contributed by atoms with Crippen LogP contribution in [0, 0.1) is 5.92 Å². The number of hydrogen-bond acceptors (Lipinski definition) is 8. The maximum absolute atomic E-state index is 10.5. The maximum Gasteiger partial charge on any atom is 0.228 e. The summed E-state index contributed by atoms with van der Waals surface area (Å²) < 4.78 is 19.3. The fourth-order valence-electron chi connectivity index (χ4n) is 4.19. The standard InChI is InChI=1S/C24H36N4O4S/c1-3-30-20-6-8-21(9-7-20)32-16-19(29)17-33-24-26-25-23(27-12-10-18(2)11-13-27)28(24)15-22-5-4-14-31-22/h6-9,18-19,22,29H,3-5,10-17H2,1-2H3. The van der Waals surface area contributed by atoms with E-state index in [2.05, 4.69) is 26.6 Å². The predicted octanol–water partition coefficient (Wildman–Crippen LogP) is 3.62. The molecule has 1 aromatic heterocycles. The van der Waals surface area contributed by atoms with E-state index in [9.17, 15) is 5.11 Å². The lowest BCUT2D eigenvalue weighted by Crippen LogP contribution is -2.35. The molecule has 2 unspecified atom stereocenters. The van der Waals surface area contributed by atoms with Crippen molar-refractivity contribution in [3.8, 4) is 11.5 Å². The number of aromatic nitrogens is 3. The highest BCUT2D eigenvalue weighted by Crippen LogP contribution is 2.28. The second-order valence-corrected chi connectivity index (χ2v) is 9.87. The molecular weight excluding hydrogens is 440 g/mol. The van der Waals surface area contributed by atoms with Crippen LogP contribution in [0.4, 0.5) is 5.95 Å². The van der Waals surface area contributed by atoms with Gasteiger partial charge >= 0.3 is 0 Å². The van der Waals surface area contributed by atoms with Crippen molar-refractivity contribution in [3.05, 3.63) is 24.3 Å². The van der Waals surface area contributed by atoms with Gasteiger partial charge in [0.1, 0.15) is 18.1 Å². The first-order valence-electron chi connectivity index (χ1n) is 12.1. The molecule has 3 heterocycles. The quantitative estimate of drug-likeness (QED) is 0.493. The molecule has 0 saturated carbocycles. The molecule has 2 aromatic rings. The zero-order valence-electron chi connectivity index (χ0n) is 19.7. The van der Waals surface area contributed by atoms with Gasteiger partial charge in [-0.05, 0) is 62.8 Å². The first kappa shape index (κ1) is 24.2. The Balaban J connectivity index is 1.34. The van der Waals surface area contributed by atoms with E-state index in [-0.39, 0.29) is 12.7 Å². The summed E-state index contributed by atoms with van der Waals surface area (Å²) in [6, 6.07) is 7.45. The lowest BCUT2D eigenvalue weighted by Gasteiger charge is -2.31. The average Bonchev–Trinajstić information content (AvgIpc) is 3.48. The molecule has 4 rings (SSSR count). The Morgan fingerprint density at radius 2 is 1.85 bits per heavy atom. The van der Waals surface area contributed by atoms with E-state index in [1.807, 2.05) is 31.2 Å². The van der Waals surface area contributed by atoms with E-state index < -0.39 is 6.10 Å². The van der Waals surface area contributed by atoms with Crippen LogP contribution in [0.25, 0.3) is 0 Å². The number of ether oxygens (including phenoxy) is 3. The topological polar surface area (TPSA) is 81.9 Å². The molecular formula is C24H36N4O4S. The number of aliphatic hydroxyl groups is 1. The zero-order valence-corrected chi connectivity index (χ0v) is 20.5. The van der Waals surface area contributed by atoms with Crippen molar-refractivity contribution < 1.29 is 19.3 Å². The van der Waals surface area contributed by atoms with Gasteiger partial charge in [-0.15, -0.1) is 10.2 Å². The molecule has 2 fully saturated rings. The van der Waals surface area contributed by atoms with Crippen molar-refractivity contribution in [1.29, 1.82) is 0 Å². The lowest BCUT2D eigenvalue weighted by atomic mass is 10.00. The highest BCUT2D eigenvalue weighted by Gasteiger charge is 2.26. The summed E-state index contributed by atoms with van der Waals surface area (Å²) in [6.07, 6.45) is 4.11. The Bertz CT molecular complexity index is 849. The second-order valence-electron chi connectivity index (χ2n) is 8.88. The smallest absolute Gasteiger partial charge is 0.228 e.